The average Bonchev–Trinajstić information content (AvgIpc) is 3.48. The minimum Gasteiger partial charge on any atom is -0.348 e. The zero-order valence-electron chi connectivity index (χ0n) is 19.4. The molecule has 0 radical (unpaired) electrons. The molecule has 8 heteroatoms. The van der Waals surface area contributed by atoms with Crippen LogP contribution in [0.3, 0.4) is 0 Å². The zero-order chi connectivity index (χ0) is 23.1. The first kappa shape index (κ1) is 21.4. The van der Waals surface area contributed by atoms with Gasteiger partial charge in [0, 0.05) is 43.4 Å². The molecule has 2 aliphatic rings. The summed E-state index contributed by atoms with van der Waals surface area (Å²) in [6, 6.07) is 11.9. The Labute approximate surface area is 193 Å². The number of aryl methyl sites for hydroxylation is 1. The number of carbonyl (C=O) groups excluding carboxylic acids is 2. The van der Waals surface area contributed by atoms with Gasteiger partial charge >= 0.3 is 0 Å². The van der Waals surface area contributed by atoms with Gasteiger partial charge < -0.3 is 14.8 Å². The summed E-state index contributed by atoms with van der Waals surface area (Å²) in [5, 5.41) is 7.30. The quantitative estimate of drug-likeness (QED) is 0.653. The van der Waals surface area contributed by atoms with Crippen molar-refractivity contribution < 1.29 is 9.59 Å². The normalized spacial score (nSPS) is 19.5. The molecule has 1 N–H and O–H groups in total. The average molecular weight is 447 g/mol. The molecule has 172 valence electrons. The van der Waals surface area contributed by atoms with E-state index in [9.17, 15) is 9.59 Å². The maximum atomic E-state index is 13.6. The van der Waals surface area contributed by atoms with Crippen molar-refractivity contribution in [2.75, 3.05) is 0 Å². The van der Waals surface area contributed by atoms with Gasteiger partial charge in [-0.2, -0.15) is 5.10 Å². The zero-order valence-corrected chi connectivity index (χ0v) is 19.4. The van der Waals surface area contributed by atoms with Gasteiger partial charge in [-0.25, -0.2) is 4.98 Å². The number of carbonyl (C=O) groups is 2. The number of benzene rings is 1. The third-order valence-corrected chi connectivity index (χ3v) is 6.65. The van der Waals surface area contributed by atoms with E-state index in [1.165, 1.54) is 0 Å². The third-order valence-electron chi connectivity index (χ3n) is 6.65. The lowest BCUT2D eigenvalue weighted by Crippen LogP contribution is -2.43. The van der Waals surface area contributed by atoms with Crippen molar-refractivity contribution in [2.45, 2.75) is 71.2 Å². The van der Waals surface area contributed by atoms with Crippen LogP contribution in [0, 0.1) is 0 Å². The molecule has 0 unspecified atom stereocenters. The van der Waals surface area contributed by atoms with Crippen molar-refractivity contribution in [1.29, 1.82) is 0 Å². The summed E-state index contributed by atoms with van der Waals surface area (Å²) in [6.07, 6.45) is 4.17. The second kappa shape index (κ2) is 8.50. The SMILES string of the molecule is CCn1nccc1C(=O)N1[C@@H]2CC[C@H]1Cc1c(C(=O)NC(C)C)nc(-c3ccccc3)n1C2. The summed E-state index contributed by atoms with van der Waals surface area (Å²) in [7, 11) is 0. The Balaban J connectivity index is 1.57. The first-order valence-corrected chi connectivity index (χ1v) is 11.8. The smallest absolute Gasteiger partial charge is 0.272 e. The monoisotopic (exact) mass is 446 g/mol. The van der Waals surface area contributed by atoms with Crippen molar-refractivity contribution in [3.8, 4) is 11.4 Å². The lowest BCUT2D eigenvalue weighted by atomic mass is 10.0. The Morgan fingerprint density at radius 2 is 1.88 bits per heavy atom. The predicted molar refractivity (Wildman–Crippen MR) is 125 cm³/mol. The van der Waals surface area contributed by atoms with E-state index in [4.69, 9.17) is 4.98 Å². The highest BCUT2D eigenvalue weighted by molar-refractivity contribution is 5.95. The van der Waals surface area contributed by atoms with Crippen LogP contribution >= 0.6 is 0 Å². The fourth-order valence-corrected chi connectivity index (χ4v) is 5.21. The third kappa shape index (κ3) is 3.73. The van der Waals surface area contributed by atoms with Gasteiger partial charge in [0.1, 0.15) is 17.2 Å². The van der Waals surface area contributed by atoms with Crippen molar-refractivity contribution >= 4 is 11.8 Å². The summed E-state index contributed by atoms with van der Waals surface area (Å²) < 4.78 is 3.93. The van der Waals surface area contributed by atoms with E-state index in [2.05, 4.69) is 15.0 Å². The molecule has 3 aromatic rings. The van der Waals surface area contributed by atoms with Crippen LogP contribution in [0.1, 0.15) is 60.3 Å². The topological polar surface area (TPSA) is 85.1 Å². The number of hydrogen-bond donors (Lipinski definition) is 1. The first-order chi connectivity index (χ1) is 16.0. The number of aromatic nitrogens is 4. The van der Waals surface area contributed by atoms with E-state index >= 15 is 0 Å². The molecule has 0 spiro atoms. The van der Waals surface area contributed by atoms with Crippen LogP contribution in [0.4, 0.5) is 0 Å². The highest BCUT2D eigenvalue weighted by Gasteiger charge is 2.43. The molecule has 2 bridgehead atoms. The molecule has 4 heterocycles. The predicted octanol–water partition coefficient (Wildman–Crippen LogP) is 3.13. The molecule has 0 aliphatic carbocycles. The Kier molecular flexibility index (Phi) is 5.52. The fraction of sp³-hybridized carbons (Fsp3) is 0.440. The van der Waals surface area contributed by atoms with Gasteiger partial charge in [0.25, 0.3) is 11.8 Å². The van der Waals surface area contributed by atoms with Crippen molar-refractivity contribution in [3.05, 3.63) is 59.7 Å². The number of imidazole rings is 1. The molecule has 1 aromatic carbocycles. The van der Waals surface area contributed by atoms with Crippen molar-refractivity contribution in [3.63, 3.8) is 0 Å². The van der Waals surface area contributed by atoms with Crippen LogP contribution in [-0.4, -0.2) is 54.2 Å². The van der Waals surface area contributed by atoms with Gasteiger partial charge in [0.2, 0.25) is 0 Å². The van der Waals surface area contributed by atoms with Crippen molar-refractivity contribution in [2.24, 2.45) is 0 Å². The number of rotatable bonds is 5. The van der Waals surface area contributed by atoms with Crippen molar-refractivity contribution in [1.82, 2.24) is 29.5 Å². The molecule has 2 aromatic heterocycles. The van der Waals surface area contributed by atoms with Crippen LogP contribution in [-0.2, 0) is 19.5 Å². The molecule has 1 fully saturated rings. The number of hydrogen-bond acceptors (Lipinski definition) is 4. The van der Waals surface area contributed by atoms with E-state index < -0.39 is 0 Å². The highest BCUT2D eigenvalue weighted by atomic mass is 16.2. The van der Waals surface area contributed by atoms with Gasteiger partial charge in [0.15, 0.2) is 0 Å². The molecule has 2 atom stereocenters. The standard InChI is InChI=1S/C25H30N6O2/c1-4-30-20(12-13-26-30)25(33)31-18-10-11-19(31)15-29-21(14-18)22(24(32)27-16(2)3)28-23(29)17-8-6-5-7-9-17/h5-9,12-13,16,18-19H,4,10-11,14-15H2,1-3H3,(H,27,32)/t18-,19+/m0/s1. The molecule has 0 saturated carbocycles. The van der Waals surface area contributed by atoms with Crippen LogP contribution in [0.2, 0.25) is 0 Å². The first-order valence-electron chi connectivity index (χ1n) is 11.8. The molecule has 2 amide bonds. The fourth-order valence-electron chi connectivity index (χ4n) is 5.21. The summed E-state index contributed by atoms with van der Waals surface area (Å²) in [5.41, 5.74) is 2.99. The van der Waals surface area contributed by atoms with Gasteiger partial charge in [-0.05, 0) is 39.7 Å². The minimum absolute atomic E-state index is 0.0182. The molecular formula is C25H30N6O2. The Bertz CT molecular complexity index is 1180. The minimum atomic E-state index is -0.157. The summed E-state index contributed by atoms with van der Waals surface area (Å²) in [4.78, 5) is 33.6. The molecule has 1 saturated heterocycles. The largest absolute Gasteiger partial charge is 0.348 e. The second-order valence-corrected chi connectivity index (χ2v) is 9.17. The summed E-state index contributed by atoms with van der Waals surface area (Å²) >= 11 is 0. The van der Waals surface area contributed by atoms with E-state index in [0.717, 1.165) is 29.9 Å². The molecule has 33 heavy (non-hydrogen) atoms. The van der Waals surface area contributed by atoms with E-state index in [0.29, 0.717) is 30.9 Å². The highest BCUT2D eigenvalue weighted by Crippen LogP contribution is 2.36. The van der Waals surface area contributed by atoms with Gasteiger partial charge in [-0.15, -0.1) is 0 Å². The van der Waals surface area contributed by atoms with Gasteiger partial charge in [-0.1, -0.05) is 30.3 Å². The van der Waals surface area contributed by atoms with Crippen LogP contribution in [0.15, 0.2) is 42.6 Å². The lowest BCUT2D eigenvalue weighted by Gasteiger charge is -2.28. The summed E-state index contributed by atoms with van der Waals surface area (Å²) in [6.45, 7) is 7.17. The number of amides is 2. The van der Waals surface area contributed by atoms with Crippen LogP contribution in [0.5, 0.6) is 0 Å². The number of nitrogens with zero attached hydrogens (tertiary/aromatic N) is 5. The van der Waals surface area contributed by atoms with E-state index in [1.807, 2.05) is 56.0 Å². The molecular weight excluding hydrogens is 416 g/mol. The Morgan fingerprint density at radius 1 is 1.12 bits per heavy atom. The van der Waals surface area contributed by atoms with Crippen LogP contribution in [0.25, 0.3) is 11.4 Å². The number of fused-ring (bicyclic) bond motifs is 3. The molecule has 5 rings (SSSR count). The second-order valence-electron chi connectivity index (χ2n) is 9.17. The number of nitrogens with one attached hydrogen (secondary N) is 1. The van der Waals surface area contributed by atoms with E-state index in [-0.39, 0.29) is 29.9 Å². The van der Waals surface area contributed by atoms with E-state index in [1.54, 1.807) is 16.9 Å². The molecule has 8 nitrogen and oxygen atoms in total. The van der Waals surface area contributed by atoms with Gasteiger partial charge in [0.05, 0.1) is 11.7 Å². The maximum absolute atomic E-state index is 13.6. The molecule has 2 aliphatic heterocycles. The Hall–Kier alpha value is -3.42. The van der Waals surface area contributed by atoms with Crippen LogP contribution < -0.4 is 5.32 Å². The Morgan fingerprint density at radius 3 is 2.61 bits per heavy atom. The van der Waals surface area contributed by atoms with Gasteiger partial charge in [-0.3, -0.25) is 14.3 Å². The maximum Gasteiger partial charge on any atom is 0.272 e. The lowest BCUT2D eigenvalue weighted by molar-refractivity contribution is 0.0653. The summed E-state index contributed by atoms with van der Waals surface area (Å²) in [5.74, 6) is 0.656.